The van der Waals surface area contributed by atoms with Gasteiger partial charge in [-0.25, -0.2) is 4.98 Å². The molecule has 0 saturated heterocycles. The topological polar surface area (TPSA) is 25.4 Å². The Balaban J connectivity index is 0.00000225. The van der Waals surface area contributed by atoms with Crippen molar-refractivity contribution in [2.45, 2.75) is 0 Å². The minimum Gasteiger partial charge on any atom is -0.492 e. The molecule has 130 valence electrons. The summed E-state index contributed by atoms with van der Waals surface area (Å²) in [6, 6.07) is 20.4. The van der Waals surface area contributed by atoms with Crippen molar-refractivity contribution in [3.8, 4) is 5.75 Å². The Hall–Kier alpha value is -2.36. The number of hydrogen-bond donors (Lipinski definition) is 0. The molecule has 2 aromatic carbocycles. The van der Waals surface area contributed by atoms with Gasteiger partial charge in [0.1, 0.15) is 12.4 Å². The number of hydrogen-bond acceptors (Lipinski definition) is 3. The van der Waals surface area contributed by atoms with E-state index in [1.54, 1.807) is 0 Å². The highest BCUT2D eigenvalue weighted by Gasteiger charge is 2.01. The van der Waals surface area contributed by atoms with E-state index >= 15 is 0 Å². The van der Waals surface area contributed by atoms with Gasteiger partial charge >= 0.3 is 0 Å². The van der Waals surface area contributed by atoms with E-state index in [2.05, 4.69) is 34.2 Å². The van der Waals surface area contributed by atoms with Crippen LogP contribution in [0, 0.1) is 0 Å². The molecule has 3 rings (SSSR count). The maximum absolute atomic E-state index is 5.89. The Morgan fingerprint density at radius 2 is 1.68 bits per heavy atom. The molecule has 0 aliphatic heterocycles. The van der Waals surface area contributed by atoms with Crippen LogP contribution in [0.15, 0.2) is 60.7 Å². The van der Waals surface area contributed by atoms with Gasteiger partial charge in [0.2, 0.25) is 0 Å². The van der Waals surface area contributed by atoms with E-state index in [1.807, 2.05) is 62.6 Å². The zero-order valence-electron chi connectivity index (χ0n) is 14.6. The number of ether oxygens (including phenoxy) is 1. The van der Waals surface area contributed by atoms with E-state index in [1.165, 1.54) is 0 Å². The van der Waals surface area contributed by atoms with Gasteiger partial charge in [-0.3, -0.25) is 0 Å². The number of aromatic nitrogens is 1. The molecule has 1 heterocycles. The molecule has 0 aliphatic rings. The van der Waals surface area contributed by atoms with Gasteiger partial charge in [-0.05, 0) is 44.4 Å². The highest BCUT2D eigenvalue weighted by Crippen LogP contribution is 2.21. The molecule has 0 unspecified atom stereocenters. The van der Waals surface area contributed by atoms with Gasteiger partial charge < -0.3 is 9.64 Å². The SMILES string of the molecule is CN(C)CCOc1ccccc1C=Cc1ccc2ccccc2n1.Cl. The lowest BCUT2D eigenvalue weighted by atomic mass is 10.1. The van der Waals surface area contributed by atoms with Crippen LogP contribution in [0.25, 0.3) is 23.1 Å². The molecule has 0 bridgehead atoms. The van der Waals surface area contributed by atoms with Crippen LogP contribution < -0.4 is 4.74 Å². The summed E-state index contributed by atoms with van der Waals surface area (Å²) in [5.74, 6) is 0.899. The first kappa shape index (κ1) is 19.0. The molecule has 0 aliphatic carbocycles. The van der Waals surface area contributed by atoms with Gasteiger partial charge in [0.25, 0.3) is 0 Å². The van der Waals surface area contributed by atoms with Gasteiger partial charge in [0.15, 0.2) is 0 Å². The molecule has 3 aromatic rings. The minimum absolute atomic E-state index is 0. The summed E-state index contributed by atoms with van der Waals surface area (Å²) in [6.07, 6.45) is 4.09. The molecule has 0 spiro atoms. The molecule has 0 fully saturated rings. The number of pyridine rings is 1. The number of para-hydroxylation sites is 2. The van der Waals surface area contributed by atoms with Crippen LogP contribution in [0.1, 0.15) is 11.3 Å². The molecule has 3 nitrogen and oxygen atoms in total. The number of benzene rings is 2. The van der Waals surface area contributed by atoms with Crippen LogP contribution in [0.3, 0.4) is 0 Å². The Kier molecular flexibility index (Phi) is 6.99. The minimum atomic E-state index is 0. The predicted molar refractivity (Wildman–Crippen MR) is 108 cm³/mol. The lowest BCUT2D eigenvalue weighted by Gasteiger charge is -2.12. The van der Waals surface area contributed by atoms with Gasteiger partial charge in [-0.2, -0.15) is 0 Å². The number of nitrogens with zero attached hydrogens (tertiary/aromatic N) is 2. The second-order valence-corrected chi connectivity index (χ2v) is 5.95. The summed E-state index contributed by atoms with van der Waals surface area (Å²) in [4.78, 5) is 6.78. The summed E-state index contributed by atoms with van der Waals surface area (Å²) >= 11 is 0. The lowest BCUT2D eigenvalue weighted by Crippen LogP contribution is -2.19. The Labute approximate surface area is 155 Å². The van der Waals surface area contributed by atoms with Crippen molar-refractivity contribution in [2.24, 2.45) is 0 Å². The molecule has 0 N–H and O–H groups in total. The zero-order valence-corrected chi connectivity index (χ0v) is 15.4. The van der Waals surface area contributed by atoms with E-state index in [0.717, 1.165) is 34.5 Å². The second-order valence-electron chi connectivity index (χ2n) is 5.95. The highest BCUT2D eigenvalue weighted by molar-refractivity contribution is 5.85. The maximum atomic E-state index is 5.89. The summed E-state index contributed by atoms with van der Waals surface area (Å²) in [5.41, 5.74) is 3.01. The Morgan fingerprint density at radius 1 is 0.920 bits per heavy atom. The van der Waals surface area contributed by atoms with Crippen LogP contribution in [-0.2, 0) is 0 Å². The average Bonchev–Trinajstić information content (AvgIpc) is 2.60. The third kappa shape index (κ3) is 5.31. The van der Waals surface area contributed by atoms with Gasteiger partial charge in [0.05, 0.1) is 11.2 Å². The normalized spacial score (nSPS) is 11.0. The van der Waals surface area contributed by atoms with Crippen LogP contribution in [0.4, 0.5) is 0 Å². The molecule has 4 heteroatoms. The first-order valence-corrected chi connectivity index (χ1v) is 8.13. The van der Waals surface area contributed by atoms with E-state index in [0.29, 0.717) is 6.61 Å². The molecule has 0 amide bonds. The molecular formula is C21H23ClN2O. The lowest BCUT2D eigenvalue weighted by molar-refractivity contribution is 0.261. The van der Waals surface area contributed by atoms with Gasteiger partial charge in [0, 0.05) is 17.5 Å². The fourth-order valence-corrected chi connectivity index (χ4v) is 2.44. The van der Waals surface area contributed by atoms with Crippen molar-refractivity contribution in [3.63, 3.8) is 0 Å². The molecule has 0 saturated carbocycles. The van der Waals surface area contributed by atoms with Gasteiger partial charge in [-0.1, -0.05) is 42.5 Å². The van der Waals surface area contributed by atoms with Crippen LogP contribution >= 0.6 is 12.4 Å². The average molecular weight is 355 g/mol. The third-order valence-corrected chi connectivity index (χ3v) is 3.77. The number of fused-ring (bicyclic) bond motifs is 1. The van der Waals surface area contributed by atoms with Crippen molar-refractivity contribution < 1.29 is 4.74 Å². The standard InChI is InChI=1S/C21H22N2O.ClH/c1-23(2)15-16-24-21-10-6-4-8-18(21)12-14-19-13-11-17-7-3-5-9-20(17)22-19;/h3-14H,15-16H2,1-2H3;1H. The predicted octanol–water partition coefficient (Wildman–Crippen LogP) is 4.77. The highest BCUT2D eigenvalue weighted by atomic mass is 35.5. The zero-order chi connectivity index (χ0) is 16.8. The number of likely N-dealkylation sites (N-methyl/N-ethyl adjacent to an activating group) is 1. The summed E-state index contributed by atoms with van der Waals surface area (Å²) in [7, 11) is 4.08. The Morgan fingerprint density at radius 3 is 2.52 bits per heavy atom. The summed E-state index contributed by atoms with van der Waals surface area (Å²) < 4.78 is 5.89. The Bertz CT molecular complexity index is 846. The third-order valence-electron chi connectivity index (χ3n) is 3.77. The maximum Gasteiger partial charge on any atom is 0.126 e. The summed E-state index contributed by atoms with van der Waals surface area (Å²) in [5, 5.41) is 1.15. The van der Waals surface area contributed by atoms with E-state index in [-0.39, 0.29) is 12.4 Å². The molecule has 0 atom stereocenters. The van der Waals surface area contributed by atoms with Crippen molar-refractivity contribution in [2.75, 3.05) is 27.2 Å². The smallest absolute Gasteiger partial charge is 0.126 e. The second kappa shape index (κ2) is 9.21. The van der Waals surface area contributed by atoms with Gasteiger partial charge in [-0.15, -0.1) is 12.4 Å². The van der Waals surface area contributed by atoms with Crippen molar-refractivity contribution in [1.29, 1.82) is 0 Å². The van der Waals surface area contributed by atoms with Crippen LogP contribution in [0.2, 0.25) is 0 Å². The molecule has 25 heavy (non-hydrogen) atoms. The quantitative estimate of drug-likeness (QED) is 0.637. The number of rotatable bonds is 6. The fraction of sp³-hybridized carbons (Fsp3) is 0.190. The monoisotopic (exact) mass is 354 g/mol. The van der Waals surface area contributed by atoms with Crippen molar-refractivity contribution in [1.82, 2.24) is 9.88 Å². The van der Waals surface area contributed by atoms with Crippen LogP contribution in [0.5, 0.6) is 5.75 Å². The number of halogens is 1. The first-order chi connectivity index (χ1) is 11.7. The molecule has 0 radical (unpaired) electrons. The van der Waals surface area contributed by atoms with E-state index < -0.39 is 0 Å². The largest absolute Gasteiger partial charge is 0.492 e. The molecule has 1 aromatic heterocycles. The van der Waals surface area contributed by atoms with Crippen LogP contribution in [-0.4, -0.2) is 37.1 Å². The van der Waals surface area contributed by atoms with Crippen molar-refractivity contribution >= 4 is 35.5 Å². The molecular weight excluding hydrogens is 332 g/mol. The van der Waals surface area contributed by atoms with Crippen molar-refractivity contribution in [3.05, 3.63) is 71.9 Å². The summed E-state index contributed by atoms with van der Waals surface area (Å²) in [6.45, 7) is 1.57. The fourth-order valence-electron chi connectivity index (χ4n) is 2.44. The first-order valence-electron chi connectivity index (χ1n) is 8.13. The van der Waals surface area contributed by atoms with E-state index in [9.17, 15) is 0 Å². The van der Waals surface area contributed by atoms with E-state index in [4.69, 9.17) is 4.74 Å².